The van der Waals surface area contributed by atoms with Gasteiger partial charge in [-0.3, -0.25) is 4.79 Å². The number of amides is 1. The Balaban J connectivity index is 1.47. The van der Waals surface area contributed by atoms with Gasteiger partial charge >= 0.3 is 0 Å². The highest BCUT2D eigenvalue weighted by Gasteiger charge is 2.43. The Morgan fingerprint density at radius 3 is 2.43 bits per heavy atom. The highest BCUT2D eigenvalue weighted by Crippen LogP contribution is 2.44. The van der Waals surface area contributed by atoms with E-state index in [1.807, 2.05) is 36.4 Å². The number of benzene rings is 3. The molecule has 1 amide bonds. The van der Waals surface area contributed by atoms with E-state index in [0.717, 1.165) is 50.6 Å². The molecule has 35 heavy (non-hydrogen) atoms. The molecule has 178 valence electrons. The molecule has 1 aliphatic carbocycles. The average molecular weight is 598 g/mol. The van der Waals surface area contributed by atoms with E-state index in [1.54, 1.807) is 17.1 Å². The first-order chi connectivity index (χ1) is 17.0. The number of hydrogen-bond acceptors (Lipinski definition) is 3. The zero-order valence-corrected chi connectivity index (χ0v) is 22.0. The molecule has 1 heterocycles. The van der Waals surface area contributed by atoms with Crippen LogP contribution in [0.25, 0.3) is 6.08 Å². The fourth-order valence-electron chi connectivity index (χ4n) is 4.73. The van der Waals surface area contributed by atoms with Crippen molar-refractivity contribution < 1.29 is 13.9 Å². The minimum atomic E-state index is -0.495. The molecule has 0 aromatic heterocycles. The molecule has 0 unspecified atom stereocenters. The Kier molecular flexibility index (Phi) is 7.16. The molecule has 3 aromatic rings. The Morgan fingerprint density at radius 2 is 1.71 bits per heavy atom. The Morgan fingerprint density at radius 1 is 1.03 bits per heavy atom. The van der Waals surface area contributed by atoms with Gasteiger partial charge in [0, 0.05) is 14.9 Å². The van der Waals surface area contributed by atoms with Crippen LogP contribution in [0.15, 0.2) is 92.4 Å². The van der Waals surface area contributed by atoms with Crippen molar-refractivity contribution in [3.8, 4) is 5.75 Å². The van der Waals surface area contributed by atoms with Crippen molar-refractivity contribution in [3.63, 3.8) is 0 Å². The lowest BCUT2D eigenvalue weighted by Crippen LogP contribution is -2.34. The number of allylic oxidation sites excluding steroid dienone is 1. The number of nitrogens with zero attached hydrogens (tertiary/aromatic N) is 2. The van der Waals surface area contributed by atoms with Gasteiger partial charge in [-0.2, -0.15) is 5.10 Å². The van der Waals surface area contributed by atoms with Crippen LogP contribution in [0.5, 0.6) is 5.75 Å². The number of ether oxygens (including phenoxy) is 1. The highest BCUT2D eigenvalue weighted by molar-refractivity contribution is 9.10. The van der Waals surface area contributed by atoms with Crippen LogP contribution in [-0.4, -0.2) is 23.2 Å². The maximum atomic E-state index is 14.0. The molecule has 0 N–H and O–H groups in total. The second kappa shape index (κ2) is 10.5. The number of fused-ring (bicyclic) bond motifs is 1. The molecule has 4 nitrogen and oxygen atoms in total. The number of rotatable bonds is 5. The first-order valence-corrected chi connectivity index (χ1v) is 13.1. The van der Waals surface area contributed by atoms with Crippen LogP contribution in [0.1, 0.15) is 36.4 Å². The van der Waals surface area contributed by atoms with Crippen LogP contribution >= 0.6 is 31.9 Å². The van der Waals surface area contributed by atoms with Crippen molar-refractivity contribution in [1.29, 1.82) is 0 Å². The molecular weight excluding hydrogens is 575 g/mol. The van der Waals surface area contributed by atoms with Crippen LogP contribution in [-0.2, 0) is 4.79 Å². The van der Waals surface area contributed by atoms with Crippen LogP contribution < -0.4 is 4.74 Å². The smallest absolute Gasteiger partial charge is 0.281 e. The fraction of sp³-hybridized carbons (Fsp3) is 0.214. The second-order valence-corrected chi connectivity index (χ2v) is 10.5. The van der Waals surface area contributed by atoms with E-state index >= 15 is 0 Å². The quantitative estimate of drug-likeness (QED) is 0.305. The number of para-hydroxylation sites is 1. The van der Waals surface area contributed by atoms with E-state index in [2.05, 4.69) is 50.1 Å². The van der Waals surface area contributed by atoms with Gasteiger partial charge in [0.2, 0.25) is 0 Å². The van der Waals surface area contributed by atoms with Crippen LogP contribution in [0.2, 0.25) is 0 Å². The van der Waals surface area contributed by atoms with Gasteiger partial charge in [0.1, 0.15) is 0 Å². The molecule has 1 saturated carbocycles. The Bertz CT molecular complexity index is 1290. The maximum absolute atomic E-state index is 14.0. The van der Waals surface area contributed by atoms with E-state index in [9.17, 15) is 9.18 Å². The Hall–Kier alpha value is -2.77. The maximum Gasteiger partial charge on any atom is 0.281 e. The predicted molar refractivity (Wildman–Crippen MR) is 143 cm³/mol. The standard InChI is InChI=1S/C28H23Br2FN2O2/c29-21-12-8-18(9-13-21)16-20-4-3-5-23-27(20)32-33(28(23)19-10-14-22(30)15-11-19)26(34)17-35-25-7-2-1-6-24(25)31/h1-2,6-16,23,28H,3-5,17H2/b20-16+/t23-,28+/m1/s1. The van der Waals surface area contributed by atoms with Gasteiger partial charge in [-0.05, 0) is 78.4 Å². The van der Waals surface area contributed by atoms with Gasteiger partial charge in [0.15, 0.2) is 18.2 Å². The van der Waals surface area contributed by atoms with E-state index < -0.39 is 5.82 Å². The van der Waals surface area contributed by atoms with E-state index in [1.165, 1.54) is 12.1 Å². The van der Waals surface area contributed by atoms with Crippen LogP contribution in [0.4, 0.5) is 4.39 Å². The highest BCUT2D eigenvalue weighted by atomic mass is 79.9. The zero-order chi connectivity index (χ0) is 24.4. The summed E-state index contributed by atoms with van der Waals surface area (Å²) in [7, 11) is 0. The van der Waals surface area contributed by atoms with Crippen molar-refractivity contribution in [2.24, 2.45) is 11.0 Å². The molecule has 0 bridgehead atoms. The summed E-state index contributed by atoms with van der Waals surface area (Å²) in [4.78, 5) is 13.4. The number of carbonyl (C=O) groups excluding carboxylic acids is 1. The third-order valence-corrected chi connectivity index (χ3v) is 7.42. The van der Waals surface area contributed by atoms with Gasteiger partial charge in [-0.15, -0.1) is 0 Å². The summed E-state index contributed by atoms with van der Waals surface area (Å²) in [5.74, 6) is -0.651. The molecule has 0 radical (unpaired) electrons. The molecule has 0 saturated heterocycles. The van der Waals surface area contributed by atoms with Gasteiger partial charge in [0.05, 0.1) is 11.8 Å². The normalized spacial score (nSPS) is 20.5. The molecular formula is C28H23Br2FN2O2. The van der Waals surface area contributed by atoms with Gasteiger partial charge in [0.25, 0.3) is 5.91 Å². The van der Waals surface area contributed by atoms with E-state index in [-0.39, 0.29) is 30.2 Å². The third kappa shape index (κ3) is 5.26. The second-order valence-electron chi connectivity index (χ2n) is 8.66. The Labute approximate surface area is 220 Å². The number of hydrazone groups is 1. The van der Waals surface area contributed by atoms with Crippen molar-refractivity contribution in [2.45, 2.75) is 25.3 Å². The topological polar surface area (TPSA) is 41.9 Å². The number of carbonyl (C=O) groups is 1. The molecule has 2 atom stereocenters. The summed E-state index contributed by atoms with van der Waals surface area (Å²) in [5.41, 5.74) is 4.21. The van der Waals surface area contributed by atoms with Crippen LogP contribution in [0, 0.1) is 11.7 Å². The average Bonchev–Trinajstić information content (AvgIpc) is 3.26. The summed E-state index contributed by atoms with van der Waals surface area (Å²) in [6, 6.07) is 22.0. The number of halogens is 3. The van der Waals surface area contributed by atoms with Crippen molar-refractivity contribution in [1.82, 2.24) is 5.01 Å². The van der Waals surface area contributed by atoms with Gasteiger partial charge in [-0.25, -0.2) is 9.40 Å². The summed E-state index contributed by atoms with van der Waals surface area (Å²) < 4.78 is 21.6. The van der Waals surface area contributed by atoms with Crippen molar-refractivity contribution >= 4 is 49.6 Å². The first kappa shape index (κ1) is 23.9. The predicted octanol–water partition coefficient (Wildman–Crippen LogP) is 7.55. The molecule has 1 aliphatic heterocycles. The van der Waals surface area contributed by atoms with E-state index in [0.29, 0.717) is 0 Å². The SMILES string of the molecule is O=C(COc1ccccc1F)N1N=C2/C(=C/c3ccc(Br)cc3)CCC[C@H]2[C@@H]1c1ccc(Br)cc1. The summed E-state index contributed by atoms with van der Waals surface area (Å²) in [5, 5.41) is 6.40. The molecule has 3 aromatic carbocycles. The van der Waals surface area contributed by atoms with Crippen molar-refractivity contribution in [3.05, 3.63) is 104 Å². The lowest BCUT2D eigenvalue weighted by atomic mass is 9.77. The van der Waals surface area contributed by atoms with Crippen molar-refractivity contribution in [2.75, 3.05) is 6.61 Å². The van der Waals surface area contributed by atoms with Crippen LogP contribution in [0.3, 0.4) is 0 Å². The first-order valence-electron chi connectivity index (χ1n) is 11.5. The molecule has 5 rings (SSSR count). The minimum Gasteiger partial charge on any atom is -0.481 e. The zero-order valence-electron chi connectivity index (χ0n) is 18.8. The fourth-order valence-corrected chi connectivity index (χ4v) is 5.26. The van der Waals surface area contributed by atoms with Gasteiger partial charge in [-0.1, -0.05) is 68.3 Å². The number of hydrogen-bond donors (Lipinski definition) is 0. The summed E-state index contributed by atoms with van der Waals surface area (Å²) >= 11 is 6.99. The molecule has 1 fully saturated rings. The minimum absolute atomic E-state index is 0.0566. The molecule has 7 heteroatoms. The van der Waals surface area contributed by atoms with Gasteiger partial charge < -0.3 is 4.74 Å². The van der Waals surface area contributed by atoms with E-state index in [4.69, 9.17) is 9.84 Å². The lowest BCUT2D eigenvalue weighted by molar-refractivity contribution is -0.135. The molecule has 0 spiro atoms. The third-order valence-electron chi connectivity index (χ3n) is 6.37. The largest absolute Gasteiger partial charge is 0.481 e. The lowest BCUT2D eigenvalue weighted by Gasteiger charge is -2.29. The summed E-state index contributed by atoms with van der Waals surface area (Å²) in [6.45, 7) is -0.288. The monoisotopic (exact) mass is 596 g/mol. The summed E-state index contributed by atoms with van der Waals surface area (Å²) in [6.07, 6.45) is 5.04. The molecule has 2 aliphatic rings.